The second-order valence-electron chi connectivity index (χ2n) is 4.52. The van der Waals surface area contributed by atoms with E-state index in [9.17, 15) is 4.79 Å². The van der Waals surface area contributed by atoms with Crippen LogP contribution in [0.1, 0.15) is 29.0 Å². The van der Waals surface area contributed by atoms with Crippen molar-refractivity contribution in [1.29, 1.82) is 0 Å². The lowest BCUT2D eigenvalue weighted by molar-refractivity contribution is 0.0343. The molecular weight excluding hydrogens is 232 g/mol. The highest BCUT2D eigenvalue weighted by Crippen LogP contribution is 2.07. The second-order valence-corrected chi connectivity index (χ2v) is 4.52. The number of carbonyl (C=O) groups excluding carboxylic acids is 1. The fourth-order valence-corrected chi connectivity index (χ4v) is 2.02. The highest BCUT2D eigenvalue weighted by Gasteiger charge is 2.13. The lowest BCUT2D eigenvalue weighted by atomic mass is 10.1. The molecule has 1 aliphatic heterocycles. The Labute approximate surface area is 107 Å². The molecule has 0 aromatic carbocycles. The average molecular weight is 252 g/mol. The van der Waals surface area contributed by atoms with Crippen molar-refractivity contribution in [2.45, 2.75) is 25.9 Å². The van der Waals surface area contributed by atoms with Crippen LogP contribution in [0.15, 0.2) is 16.7 Å². The van der Waals surface area contributed by atoms with Crippen LogP contribution in [-0.4, -0.2) is 38.3 Å². The molecule has 2 heterocycles. The van der Waals surface area contributed by atoms with Gasteiger partial charge in [0.05, 0.1) is 18.3 Å². The molecule has 0 bridgehead atoms. The molecule has 1 aromatic rings. The molecule has 0 atom stereocenters. The standard InChI is InChI=1S/C13H20N2O3/c1-10-8-11(9-18-10)13(16)15-6-7-17-12-2-4-14-5-3-12/h8-9,12,14H,2-7H2,1H3,(H,15,16). The zero-order chi connectivity index (χ0) is 12.8. The van der Waals surface area contributed by atoms with E-state index in [-0.39, 0.29) is 5.91 Å². The van der Waals surface area contributed by atoms with Gasteiger partial charge in [-0.1, -0.05) is 0 Å². The minimum Gasteiger partial charge on any atom is -0.469 e. The summed E-state index contributed by atoms with van der Waals surface area (Å²) in [4.78, 5) is 11.7. The van der Waals surface area contributed by atoms with Gasteiger partial charge in [0, 0.05) is 6.54 Å². The first-order valence-corrected chi connectivity index (χ1v) is 6.41. The van der Waals surface area contributed by atoms with E-state index in [0.29, 0.717) is 24.8 Å². The zero-order valence-electron chi connectivity index (χ0n) is 10.7. The Morgan fingerprint density at radius 1 is 1.56 bits per heavy atom. The van der Waals surface area contributed by atoms with Crippen molar-refractivity contribution in [2.24, 2.45) is 0 Å². The Hall–Kier alpha value is -1.33. The Balaban J connectivity index is 1.61. The van der Waals surface area contributed by atoms with E-state index in [4.69, 9.17) is 9.15 Å². The van der Waals surface area contributed by atoms with Crippen molar-refractivity contribution in [3.63, 3.8) is 0 Å². The normalized spacial score (nSPS) is 16.7. The number of amides is 1. The second kappa shape index (κ2) is 6.56. The van der Waals surface area contributed by atoms with Crippen LogP contribution < -0.4 is 10.6 Å². The van der Waals surface area contributed by atoms with E-state index in [2.05, 4.69) is 10.6 Å². The highest BCUT2D eigenvalue weighted by atomic mass is 16.5. The number of nitrogens with one attached hydrogen (secondary N) is 2. The maximum absolute atomic E-state index is 11.7. The topological polar surface area (TPSA) is 63.5 Å². The molecule has 0 spiro atoms. The number of ether oxygens (including phenoxy) is 1. The molecule has 0 unspecified atom stereocenters. The molecule has 1 fully saturated rings. The smallest absolute Gasteiger partial charge is 0.254 e. The van der Waals surface area contributed by atoms with Gasteiger partial charge in [0.2, 0.25) is 0 Å². The summed E-state index contributed by atoms with van der Waals surface area (Å²) in [5.74, 6) is 0.631. The summed E-state index contributed by atoms with van der Waals surface area (Å²) in [7, 11) is 0. The third-order valence-corrected chi connectivity index (χ3v) is 3.02. The molecule has 5 heteroatoms. The molecule has 1 saturated heterocycles. The van der Waals surface area contributed by atoms with Crippen molar-refractivity contribution in [1.82, 2.24) is 10.6 Å². The number of carbonyl (C=O) groups is 1. The molecule has 0 saturated carbocycles. The summed E-state index contributed by atoms with van der Waals surface area (Å²) in [5.41, 5.74) is 0.564. The van der Waals surface area contributed by atoms with Gasteiger partial charge in [0.25, 0.3) is 5.91 Å². The molecule has 2 rings (SSSR count). The van der Waals surface area contributed by atoms with E-state index in [1.54, 1.807) is 6.07 Å². The SMILES string of the molecule is Cc1cc(C(=O)NCCOC2CCNCC2)co1. The Bertz CT molecular complexity index is 383. The van der Waals surface area contributed by atoms with Crippen molar-refractivity contribution in [2.75, 3.05) is 26.2 Å². The molecule has 5 nitrogen and oxygen atoms in total. The number of hydrogen-bond acceptors (Lipinski definition) is 4. The molecular formula is C13H20N2O3. The van der Waals surface area contributed by atoms with Gasteiger partial charge in [-0.15, -0.1) is 0 Å². The summed E-state index contributed by atoms with van der Waals surface area (Å²) < 4.78 is 10.8. The summed E-state index contributed by atoms with van der Waals surface area (Å²) in [5, 5.41) is 6.10. The third kappa shape index (κ3) is 3.85. The van der Waals surface area contributed by atoms with Gasteiger partial charge >= 0.3 is 0 Å². The molecule has 1 aromatic heterocycles. The monoisotopic (exact) mass is 252 g/mol. The van der Waals surface area contributed by atoms with Crippen LogP contribution in [0.3, 0.4) is 0 Å². The molecule has 100 valence electrons. The average Bonchev–Trinajstić information content (AvgIpc) is 2.82. The van der Waals surface area contributed by atoms with E-state index in [1.165, 1.54) is 6.26 Å². The Morgan fingerprint density at radius 3 is 3.00 bits per heavy atom. The van der Waals surface area contributed by atoms with Crippen LogP contribution in [-0.2, 0) is 4.74 Å². The number of hydrogen-bond donors (Lipinski definition) is 2. The van der Waals surface area contributed by atoms with E-state index < -0.39 is 0 Å². The van der Waals surface area contributed by atoms with Crippen molar-refractivity contribution in [3.05, 3.63) is 23.7 Å². The minimum absolute atomic E-state index is 0.110. The molecule has 0 radical (unpaired) electrons. The van der Waals surface area contributed by atoms with Crippen LogP contribution >= 0.6 is 0 Å². The summed E-state index contributed by atoms with van der Waals surface area (Å²) in [6.45, 7) is 4.95. The van der Waals surface area contributed by atoms with Gasteiger partial charge < -0.3 is 19.8 Å². The van der Waals surface area contributed by atoms with Crippen LogP contribution in [0.25, 0.3) is 0 Å². The molecule has 18 heavy (non-hydrogen) atoms. The Morgan fingerprint density at radius 2 is 2.33 bits per heavy atom. The van der Waals surface area contributed by atoms with Gasteiger partial charge in [0.15, 0.2) is 0 Å². The first kappa shape index (κ1) is 13.1. The molecule has 2 N–H and O–H groups in total. The summed E-state index contributed by atoms with van der Waals surface area (Å²) >= 11 is 0. The fraction of sp³-hybridized carbons (Fsp3) is 0.615. The predicted molar refractivity (Wildman–Crippen MR) is 67.6 cm³/mol. The maximum atomic E-state index is 11.7. The van der Waals surface area contributed by atoms with E-state index >= 15 is 0 Å². The lowest BCUT2D eigenvalue weighted by Gasteiger charge is -2.22. The van der Waals surface area contributed by atoms with Gasteiger partial charge in [-0.3, -0.25) is 4.79 Å². The van der Waals surface area contributed by atoms with Gasteiger partial charge in [-0.25, -0.2) is 0 Å². The van der Waals surface area contributed by atoms with Crippen LogP contribution in [0.5, 0.6) is 0 Å². The number of furan rings is 1. The van der Waals surface area contributed by atoms with Crippen LogP contribution in [0, 0.1) is 6.92 Å². The zero-order valence-corrected chi connectivity index (χ0v) is 10.7. The van der Waals surface area contributed by atoms with Crippen molar-refractivity contribution < 1.29 is 13.9 Å². The first-order chi connectivity index (χ1) is 8.75. The number of rotatable bonds is 5. The van der Waals surface area contributed by atoms with E-state index in [0.717, 1.165) is 31.7 Å². The van der Waals surface area contributed by atoms with Crippen molar-refractivity contribution >= 4 is 5.91 Å². The summed E-state index contributed by atoms with van der Waals surface area (Å²) in [6, 6.07) is 1.73. The Kier molecular flexibility index (Phi) is 4.78. The largest absolute Gasteiger partial charge is 0.469 e. The molecule has 0 aliphatic carbocycles. The minimum atomic E-state index is -0.110. The highest BCUT2D eigenvalue weighted by molar-refractivity contribution is 5.93. The quantitative estimate of drug-likeness (QED) is 0.770. The predicted octanol–water partition coefficient (Wildman–Crippen LogP) is 1.09. The lowest BCUT2D eigenvalue weighted by Crippen LogP contribution is -2.34. The number of aryl methyl sites for hydroxylation is 1. The number of piperidine rings is 1. The fourth-order valence-electron chi connectivity index (χ4n) is 2.02. The third-order valence-electron chi connectivity index (χ3n) is 3.02. The van der Waals surface area contributed by atoms with Gasteiger partial charge in [-0.2, -0.15) is 0 Å². The van der Waals surface area contributed by atoms with Crippen LogP contribution in [0.4, 0.5) is 0 Å². The van der Waals surface area contributed by atoms with E-state index in [1.807, 2.05) is 6.92 Å². The van der Waals surface area contributed by atoms with Gasteiger partial charge in [0.1, 0.15) is 12.0 Å². The molecule has 1 amide bonds. The molecule has 1 aliphatic rings. The van der Waals surface area contributed by atoms with Crippen LogP contribution in [0.2, 0.25) is 0 Å². The summed E-state index contributed by atoms with van der Waals surface area (Å²) in [6.07, 6.45) is 3.90. The first-order valence-electron chi connectivity index (χ1n) is 6.41. The van der Waals surface area contributed by atoms with Crippen molar-refractivity contribution in [3.8, 4) is 0 Å². The van der Waals surface area contributed by atoms with Gasteiger partial charge in [-0.05, 0) is 38.9 Å². The maximum Gasteiger partial charge on any atom is 0.254 e.